The van der Waals surface area contributed by atoms with E-state index in [0.29, 0.717) is 0 Å². The van der Waals surface area contributed by atoms with Crippen LogP contribution in [0.3, 0.4) is 0 Å². The van der Waals surface area contributed by atoms with Gasteiger partial charge in [-0.3, -0.25) is 0 Å². The zero-order valence-electron chi connectivity index (χ0n) is 9.52. The Bertz CT molecular complexity index is 181. The first kappa shape index (κ1) is 9.24. The van der Waals surface area contributed by atoms with Crippen LogP contribution >= 0.6 is 0 Å². The van der Waals surface area contributed by atoms with Crippen LogP contribution in [0.5, 0.6) is 0 Å². The zero-order chi connectivity index (χ0) is 9.60. The van der Waals surface area contributed by atoms with E-state index in [2.05, 4.69) is 6.92 Å². The molecule has 0 aromatic heterocycles. The lowest BCUT2D eigenvalue weighted by Crippen LogP contribution is -2.45. The van der Waals surface area contributed by atoms with Crippen molar-refractivity contribution in [1.82, 2.24) is 0 Å². The molecule has 0 aliphatic heterocycles. The van der Waals surface area contributed by atoms with Crippen molar-refractivity contribution in [2.24, 2.45) is 17.3 Å². The fourth-order valence-corrected chi connectivity index (χ4v) is 4.82. The molecule has 0 heteroatoms. The van der Waals surface area contributed by atoms with Crippen LogP contribution in [0.2, 0.25) is 0 Å². The summed E-state index contributed by atoms with van der Waals surface area (Å²) in [7, 11) is 0. The van der Waals surface area contributed by atoms with E-state index in [0.717, 1.165) is 17.3 Å². The molecule has 0 aromatic rings. The van der Waals surface area contributed by atoms with E-state index in [4.69, 9.17) is 0 Å². The molecule has 0 amide bonds. The zero-order valence-corrected chi connectivity index (χ0v) is 9.52. The highest BCUT2D eigenvalue weighted by Crippen LogP contribution is 2.62. The first-order valence-corrected chi connectivity index (χ1v) is 6.63. The van der Waals surface area contributed by atoms with Gasteiger partial charge in [0.05, 0.1) is 0 Å². The molecule has 4 bridgehead atoms. The Balaban J connectivity index is 1.74. The third-order valence-electron chi connectivity index (χ3n) is 4.95. The molecule has 0 heterocycles. The molecular formula is C14H23. The molecule has 2 atom stereocenters. The van der Waals surface area contributed by atoms with Crippen molar-refractivity contribution in [2.45, 2.75) is 64.7 Å². The van der Waals surface area contributed by atoms with Gasteiger partial charge in [0, 0.05) is 0 Å². The molecule has 1 radical (unpaired) electrons. The first-order valence-electron chi connectivity index (χ1n) is 6.63. The van der Waals surface area contributed by atoms with E-state index in [1.165, 1.54) is 32.1 Å². The lowest BCUT2D eigenvalue weighted by molar-refractivity contribution is -0.00124. The third kappa shape index (κ3) is 1.42. The minimum atomic E-state index is 0.815. The predicted molar refractivity (Wildman–Crippen MR) is 59.9 cm³/mol. The van der Waals surface area contributed by atoms with Crippen molar-refractivity contribution in [1.29, 1.82) is 0 Å². The highest BCUT2D eigenvalue weighted by Gasteiger charge is 2.50. The highest BCUT2D eigenvalue weighted by atomic mass is 14.5. The molecule has 0 spiro atoms. The molecular weight excluding hydrogens is 168 g/mol. The minimum Gasteiger partial charge on any atom is -0.0654 e. The maximum Gasteiger partial charge on any atom is -0.0230 e. The highest BCUT2D eigenvalue weighted by molar-refractivity contribution is 5.13. The van der Waals surface area contributed by atoms with Gasteiger partial charge >= 0.3 is 0 Å². The fraction of sp³-hybridized carbons (Fsp3) is 0.929. The number of rotatable bonds is 3. The molecule has 0 nitrogen and oxygen atoms in total. The van der Waals surface area contributed by atoms with Crippen LogP contribution in [0.1, 0.15) is 64.7 Å². The van der Waals surface area contributed by atoms with Gasteiger partial charge in [-0.1, -0.05) is 19.8 Å². The van der Waals surface area contributed by atoms with E-state index >= 15 is 0 Å². The maximum absolute atomic E-state index is 2.34. The third-order valence-corrected chi connectivity index (χ3v) is 4.95. The molecule has 0 aromatic carbocycles. The van der Waals surface area contributed by atoms with E-state index in [-0.39, 0.29) is 0 Å². The predicted octanol–water partition coefficient (Wildman–Crippen LogP) is 4.35. The van der Waals surface area contributed by atoms with E-state index in [9.17, 15) is 0 Å². The smallest absolute Gasteiger partial charge is 0.0230 e. The second-order valence-electron chi connectivity index (χ2n) is 6.31. The average molecular weight is 191 g/mol. The standard InChI is InChI=1S/C14H23/c1-2-3-4-14-8-11-5-12(9-14)7-13(6-11)10-14/h11-12H,2-10H2,1H3. The monoisotopic (exact) mass is 191 g/mol. The van der Waals surface area contributed by atoms with E-state index < -0.39 is 0 Å². The van der Waals surface area contributed by atoms with Crippen molar-refractivity contribution in [3.8, 4) is 0 Å². The molecule has 4 fully saturated rings. The molecule has 14 heavy (non-hydrogen) atoms. The summed E-state index contributed by atoms with van der Waals surface area (Å²) in [6.07, 6.45) is 13.7. The minimum absolute atomic E-state index is 0.815. The van der Waals surface area contributed by atoms with Crippen LogP contribution in [0.25, 0.3) is 0 Å². The normalized spacial score (nSPS) is 46.1. The molecule has 0 saturated heterocycles. The Morgan fingerprint density at radius 2 is 1.93 bits per heavy atom. The molecule has 4 saturated carbocycles. The van der Waals surface area contributed by atoms with Gasteiger partial charge in [0.15, 0.2) is 0 Å². The van der Waals surface area contributed by atoms with Gasteiger partial charge in [0.1, 0.15) is 0 Å². The summed E-state index contributed by atoms with van der Waals surface area (Å²) in [6, 6.07) is 0. The van der Waals surface area contributed by atoms with Gasteiger partial charge in [-0.25, -0.2) is 0 Å². The fourth-order valence-electron chi connectivity index (χ4n) is 4.82. The molecule has 0 N–H and O–H groups in total. The Morgan fingerprint density at radius 1 is 1.21 bits per heavy atom. The molecule has 79 valence electrons. The number of hydrogen-bond donors (Lipinski definition) is 0. The van der Waals surface area contributed by atoms with Gasteiger partial charge in [-0.2, -0.15) is 0 Å². The van der Waals surface area contributed by atoms with Crippen LogP contribution in [-0.4, -0.2) is 0 Å². The van der Waals surface area contributed by atoms with Crippen LogP contribution in [0.4, 0.5) is 0 Å². The Labute approximate surface area is 88.5 Å². The van der Waals surface area contributed by atoms with Crippen molar-refractivity contribution in [3.05, 3.63) is 5.92 Å². The first-order chi connectivity index (χ1) is 6.80. The summed E-state index contributed by atoms with van der Waals surface area (Å²) in [4.78, 5) is 0. The lowest BCUT2D eigenvalue weighted by atomic mass is 9.48. The summed E-state index contributed by atoms with van der Waals surface area (Å²) >= 11 is 0. The van der Waals surface area contributed by atoms with E-state index in [1.54, 1.807) is 25.7 Å². The van der Waals surface area contributed by atoms with Gasteiger partial charge < -0.3 is 0 Å². The largest absolute Gasteiger partial charge is 0.0654 e. The summed E-state index contributed by atoms with van der Waals surface area (Å²) in [5.74, 6) is 4.19. The van der Waals surface area contributed by atoms with Crippen molar-refractivity contribution in [2.75, 3.05) is 0 Å². The SMILES string of the molecule is CCCCC12C[C]3CC(CC(C3)C1)C2. The van der Waals surface area contributed by atoms with Crippen LogP contribution in [-0.2, 0) is 0 Å². The molecule has 2 unspecified atom stereocenters. The van der Waals surface area contributed by atoms with Crippen LogP contribution in [0, 0.1) is 23.2 Å². The quantitative estimate of drug-likeness (QED) is 0.622. The second kappa shape index (κ2) is 3.25. The van der Waals surface area contributed by atoms with Crippen molar-refractivity contribution >= 4 is 0 Å². The Kier molecular flexibility index (Phi) is 2.15. The van der Waals surface area contributed by atoms with Crippen LogP contribution < -0.4 is 0 Å². The van der Waals surface area contributed by atoms with E-state index in [1.807, 2.05) is 5.92 Å². The number of hydrogen-bond acceptors (Lipinski definition) is 0. The summed E-state index contributed by atoms with van der Waals surface area (Å²) in [6.45, 7) is 2.34. The van der Waals surface area contributed by atoms with Crippen molar-refractivity contribution < 1.29 is 0 Å². The van der Waals surface area contributed by atoms with Gasteiger partial charge in [-0.15, -0.1) is 0 Å². The Morgan fingerprint density at radius 3 is 2.50 bits per heavy atom. The van der Waals surface area contributed by atoms with Gasteiger partial charge in [-0.05, 0) is 68.1 Å². The Hall–Kier alpha value is 0. The maximum atomic E-state index is 2.34. The summed E-state index contributed by atoms with van der Waals surface area (Å²) < 4.78 is 0. The molecule has 4 rings (SSSR count). The lowest BCUT2D eigenvalue weighted by Gasteiger charge is -2.57. The topological polar surface area (TPSA) is 0 Å². The van der Waals surface area contributed by atoms with Gasteiger partial charge in [0.25, 0.3) is 0 Å². The summed E-state index contributed by atoms with van der Waals surface area (Å²) in [5, 5.41) is 0. The second-order valence-corrected chi connectivity index (χ2v) is 6.31. The summed E-state index contributed by atoms with van der Waals surface area (Å²) in [5.41, 5.74) is 0.815. The molecule has 4 aliphatic carbocycles. The molecule has 4 aliphatic rings. The van der Waals surface area contributed by atoms with Gasteiger partial charge in [0.2, 0.25) is 0 Å². The van der Waals surface area contributed by atoms with Crippen molar-refractivity contribution in [3.63, 3.8) is 0 Å². The average Bonchev–Trinajstić information content (AvgIpc) is 2.12. The van der Waals surface area contributed by atoms with Crippen LogP contribution in [0.15, 0.2) is 0 Å². The number of unbranched alkanes of at least 4 members (excludes halogenated alkanes) is 1.